The summed E-state index contributed by atoms with van der Waals surface area (Å²) in [6.45, 7) is 6.20. The number of esters is 1. The summed E-state index contributed by atoms with van der Waals surface area (Å²) in [5.41, 5.74) is -0.687. The van der Waals surface area contributed by atoms with Gasteiger partial charge in [0.25, 0.3) is 0 Å². The first-order valence-electron chi connectivity index (χ1n) is 6.79. The zero-order valence-electron chi connectivity index (χ0n) is 11.6. The zero-order chi connectivity index (χ0) is 13.8. The Morgan fingerprint density at radius 1 is 1.42 bits per heavy atom. The lowest BCUT2D eigenvalue weighted by Crippen LogP contribution is -2.45. The molecule has 4 atom stereocenters. The van der Waals surface area contributed by atoms with Crippen LogP contribution in [-0.4, -0.2) is 22.8 Å². The van der Waals surface area contributed by atoms with Gasteiger partial charge in [0.2, 0.25) is 5.76 Å². The van der Waals surface area contributed by atoms with Crippen LogP contribution in [0.4, 0.5) is 0 Å². The number of carbonyl (C=O) groups excluding carboxylic acids is 1. The first-order chi connectivity index (χ1) is 8.82. The highest BCUT2D eigenvalue weighted by atomic mass is 16.6. The van der Waals surface area contributed by atoms with Crippen LogP contribution in [0.1, 0.15) is 44.2 Å². The second kappa shape index (κ2) is 3.85. The largest absolute Gasteiger partial charge is 0.457 e. The molecule has 0 bridgehead atoms. The van der Waals surface area contributed by atoms with Gasteiger partial charge in [-0.05, 0) is 49.1 Å². The van der Waals surface area contributed by atoms with Crippen molar-refractivity contribution in [2.24, 2.45) is 17.3 Å². The average molecular weight is 264 g/mol. The summed E-state index contributed by atoms with van der Waals surface area (Å²) in [7, 11) is 0. The van der Waals surface area contributed by atoms with E-state index >= 15 is 0 Å². The molecule has 1 aromatic heterocycles. The Balaban J connectivity index is 1.72. The minimum atomic E-state index is -0.947. The van der Waals surface area contributed by atoms with Gasteiger partial charge in [-0.2, -0.15) is 0 Å². The van der Waals surface area contributed by atoms with Gasteiger partial charge in [0.1, 0.15) is 6.10 Å². The van der Waals surface area contributed by atoms with Crippen molar-refractivity contribution in [3.05, 3.63) is 24.2 Å². The first-order valence-corrected chi connectivity index (χ1v) is 6.79. The zero-order valence-corrected chi connectivity index (χ0v) is 11.6. The van der Waals surface area contributed by atoms with Crippen LogP contribution >= 0.6 is 0 Å². The Morgan fingerprint density at radius 2 is 2.16 bits per heavy atom. The summed E-state index contributed by atoms with van der Waals surface area (Å²) in [4.78, 5) is 11.9. The average Bonchev–Trinajstić information content (AvgIpc) is 2.75. The predicted octanol–water partition coefficient (Wildman–Crippen LogP) is 2.62. The third kappa shape index (κ3) is 1.98. The van der Waals surface area contributed by atoms with Crippen LogP contribution in [0.25, 0.3) is 0 Å². The molecule has 0 amide bonds. The summed E-state index contributed by atoms with van der Waals surface area (Å²) < 4.78 is 10.5. The van der Waals surface area contributed by atoms with Gasteiger partial charge in [-0.15, -0.1) is 0 Å². The Kier molecular flexibility index (Phi) is 2.58. The molecule has 2 aliphatic carbocycles. The Hall–Kier alpha value is -1.29. The monoisotopic (exact) mass is 264 g/mol. The lowest BCUT2D eigenvalue weighted by Gasteiger charge is -2.35. The summed E-state index contributed by atoms with van der Waals surface area (Å²) in [5, 5.41) is 10.5. The van der Waals surface area contributed by atoms with Gasteiger partial charge in [-0.25, -0.2) is 4.79 Å². The molecule has 0 radical (unpaired) electrons. The van der Waals surface area contributed by atoms with Gasteiger partial charge in [0, 0.05) is 0 Å². The first kappa shape index (κ1) is 12.7. The van der Waals surface area contributed by atoms with E-state index in [0.29, 0.717) is 18.3 Å². The van der Waals surface area contributed by atoms with Gasteiger partial charge in [0.15, 0.2) is 0 Å². The van der Waals surface area contributed by atoms with Crippen molar-refractivity contribution in [1.29, 1.82) is 0 Å². The van der Waals surface area contributed by atoms with Crippen LogP contribution < -0.4 is 0 Å². The third-order valence-corrected chi connectivity index (χ3v) is 5.05. The molecule has 3 rings (SSSR count). The fourth-order valence-corrected chi connectivity index (χ4v) is 3.55. The van der Waals surface area contributed by atoms with E-state index in [9.17, 15) is 9.90 Å². The van der Waals surface area contributed by atoms with Gasteiger partial charge < -0.3 is 14.3 Å². The molecule has 0 aromatic carbocycles. The second-order valence-corrected chi connectivity index (χ2v) is 6.70. The lowest BCUT2D eigenvalue weighted by molar-refractivity contribution is -0.0995. The predicted molar refractivity (Wildman–Crippen MR) is 68.5 cm³/mol. The van der Waals surface area contributed by atoms with Crippen molar-refractivity contribution in [2.75, 3.05) is 0 Å². The van der Waals surface area contributed by atoms with E-state index in [1.807, 2.05) is 0 Å². The lowest BCUT2D eigenvalue weighted by atomic mass is 9.83. The summed E-state index contributed by atoms with van der Waals surface area (Å²) in [6, 6.07) is 3.22. The van der Waals surface area contributed by atoms with Crippen molar-refractivity contribution in [3.63, 3.8) is 0 Å². The quantitative estimate of drug-likeness (QED) is 0.834. The normalized spacial score (nSPS) is 39.5. The number of furan rings is 1. The fraction of sp³-hybridized carbons (Fsp3) is 0.667. The minimum absolute atomic E-state index is 0.188. The highest BCUT2D eigenvalue weighted by Crippen LogP contribution is 2.66. The van der Waals surface area contributed by atoms with Crippen molar-refractivity contribution >= 4 is 5.97 Å². The molecule has 2 aliphatic rings. The van der Waals surface area contributed by atoms with Crippen molar-refractivity contribution in [3.8, 4) is 0 Å². The van der Waals surface area contributed by atoms with E-state index in [2.05, 4.69) is 13.8 Å². The van der Waals surface area contributed by atoms with Gasteiger partial charge >= 0.3 is 5.97 Å². The molecule has 19 heavy (non-hydrogen) atoms. The SMILES string of the molecule is CC1(O)CC2C(CC1OC(=O)c1ccco1)C2(C)C. The molecule has 1 N–H and O–H groups in total. The number of ether oxygens (including phenoxy) is 1. The minimum Gasteiger partial charge on any atom is -0.457 e. The maximum atomic E-state index is 11.9. The summed E-state index contributed by atoms with van der Waals surface area (Å²) in [5.74, 6) is 0.781. The van der Waals surface area contributed by atoms with Crippen LogP contribution in [0, 0.1) is 17.3 Å². The molecule has 1 heterocycles. The molecule has 4 unspecified atom stereocenters. The number of aliphatic hydroxyl groups is 1. The Labute approximate surface area is 112 Å². The van der Waals surface area contributed by atoms with E-state index in [0.717, 1.165) is 6.42 Å². The molecular formula is C15H20O4. The number of carbonyl (C=O) groups is 1. The van der Waals surface area contributed by atoms with Crippen molar-refractivity contribution in [2.45, 2.75) is 45.3 Å². The number of hydrogen-bond donors (Lipinski definition) is 1. The molecule has 0 spiro atoms. The highest BCUT2D eigenvalue weighted by molar-refractivity contribution is 5.86. The van der Waals surface area contributed by atoms with E-state index in [1.54, 1.807) is 19.1 Å². The van der Waals surface area contributed by atoms with Crippen LogP contribution in [0.15, 0.2) is 22.8 Å². The smallest absolute Gasteiger partial charge is 0.374 e. The molecule has 2 saturated carbocycles. The number of hydrogen-bond acceptors (Lipinski definition) is 4. The second-order valence-electron chi connectivity index (χ2n) is 6.70. The van der Waals surface area contributed by atoms with Crippen LogP contribution in [-0.2, 0) is 4.74 Å². The number of rotatable bonds is 2. The standard InChI is InChI=1S/C15H20O4/c1-14(2)9-7-12(15(3,17)8-10(9)14)19-13(16)11-5-4-6-18-11/h4-6,9-10,12,17H,7-8H2,1-3H3. The van der Waals surface area contributed by atoms with Crippen molar-refractivity contribution in [1.82, 2.24) is 0 Å². The summed E-state index contributed by atoms with van der Waals surface area (Å²) >= 11 is 0. The molecule has 0 aliphatic heterocycles. The van der Waals surface area contributed by atoms with Gasteiger partial charge in [-0.1, -0.05) is 13.8 Å². The molecule has 104 valence electrons. The van der Waals surface area contributed by atoms with Crippen LogP contribution in [0.3, 0.4) is 0 Å². The maximum Gasteiger partial charge on any atom is 0.374 e. The fourth-order valence-electron chi connectivity index (χ4n) is 3.55. The number of fused-ring (bicyclic) bond motifs is 1. The van der Waals surface area contributed by atoms with Crippen LogP contribution in [0.2, 0.25) is 0 Å². The van der Waals surface area contributed by atoms with E-state index in [-0.39, 0.29) is 11.2 Å². The van der Waals surface area contributed by atoms with Crippen molar-refractivity contribution < 1.29 is 19.1 Å². The maximum absolute atomic E-state index is 11.9. The Bertz CT molecular complexity index is 486. The molecule has 4 heteroatoms. The molecular weight excluding hydrogens is 244 g/mol. The third-order valence-electron chi connectivity index (χ3n) is 5.05. The highest BCUT2D eigenvalue weighted by Gasteiger charge is 2.64. The topological polar surface area (TPSA) is 59.7 Å². The van der Waals surface area contributed by atoms with E-state index in [4.69, 9.17) is 9.15 Å². The van der Waals surface area contributed by atoms with Gasteiger partial charge in [0.05, 0.1) is 11.9 Å². The van der Waals surface area contributed by atoms with Gasteiger partial charge in [-0.3, -0.25) is 0 Å². The molecule has 2 fully saturated rings. The summed E-state index contributed by atoms with van der Waals surface area (Å²) in [6.07, 6.45) is 2.42. The van der Waals surface area contributed by atoms with Crippen LogP contribution in [0.5, 0.6) is 0 Å². The molecule has 1 aromatic rings. The van der Waals surface area contributed by atoms with E-state index < -0.39 is 17.7 Å². The van der Waals surface area contributed by atoms with E-state index in [1.165, 1.54) is 6.26 Å². The Morgan fingerprint density at radius 3 is 2.79 bits per heavy atom. The molecule has 0 saturated heterocycles. The molecule has 4 nitrogen and oxygen atoms in total.